The summed E-state index contributed by atoms with van der Waals surface area (Å²) in [5, 5.41) is 6.93. The molecule has 16 heavy (non-hydrogen) atoms. The van der Waals surface area contributed by atoms with Crippen LogP contribution < -0.4 is 11.1 Å². The van der Waals surface area contributed by atoms with Crippen molar-refractivity contribution in [3.05, 3.63) is 16.1 Å². The Bertz CT molecular complexity index is 316. The molecule has 0 unspecified atom stereocenters. The van der Waals surface area contributed by atoms with E-state index in [4.69, 9.17) is 5.73 Å². The monoisotopic (exact) mass is 239 g/mol. The van der Waals surface area contributed by atoms with Crippen LogP contribution in [0, 0.1) is 6.92 Å². The molecule has 3 N–H and O–H groups in total. The summed E-state index contributed by atoms with van der Waals surface area (Å²) in [5.41, 5.74) is 7.11. The summed E-state index contributed by atoms with van der Waals surface area (Å²) in [6.45, 7) is 3.10. The van der Waals surface area contributed by atoms with Gasteiger partial charge in [0, 0.05) is 30.4 Å². The van der Waals surface area contributed by atoms with Gasteiger partial charge in [0.05, 0.1) is 10.7 Å². The van der Waals surface area contributed by atoms with E-state index in [1.165, 1.54) is 36.4 Å². The van der Waals surface area contributed by atoms with Crippen LogP contribution >= 0.6 is 11.3 Å². The van der Waals surface area contributed by atoms with Gasteiger partial charge in [0.1, 0.15) is 0 Å². The second kappa shape index (κ2) is 5.75. The van der Waals surface area contributed by atoms with E-state index in [0.29, 0.717) is 12.1 Å². The molecule has 90 valence electrons. The van der Waals surface area contributed by atoms with Gasteiger partial charge in [-0.2, -0.15) is 0 Å². The molecule has 0 aliphatic heterocycles. The minimum Gasteiger partial charge on any atom is -0.328 e. The molecule has 0 bridgehead atoms. The van der Waals surface area contributed by atoms with Crippen molar-refractivity contribution in [2.24, 2.45) is 5.73 Å². The molecule has 0 saturated heterocycles. The van der Waals surface area contributed by atoms with Crippen molar-refractivity contribution in [1.29, 1.82) is 0 Å². The van der Waals surface area contributed by atoms with Gasteiger partial charge in [0.15, 0.2) is 0 Å². The molecule has 1 aliphatic carbocycles. The Balaban J connectivity index is 1.64. The lowest BCUT2D eigenvalue weighted by Crippen LogP contribution is -2.38. The van der Waals surface area contributed by atoms with Crippen LogP contribution in [-0.4, -0.2) is 23.6 Å². The highest BCUT2D eigenvalue weighted by Crippen LogP contribution is 2.16. The van der Waals surface area contributed by atoms with Crippen molar-refractivity contribution in [2.75, 3.05) is 6.54 Å². The van der Waals surface area contributed by atoms with Crippen LogP contribution in [-0.2, 0) is 6.42 Å². The fourth-order valence-electron chi connectivity index (χ4n) is 2.25. The number of aryl methyl sites for hydroxylation is 1. The van der Waals surface area contributed by atoms with E-state index in [9.17, 15) is 0 Å². The zero-order valence-corrected chi connectivity index (χ0v) is 10.7. The van der Waals surface area contributed by atoms with Crippen LogP contribution in [0.1, 0.15) is 36.4 Å². The molecule has 4 heteroatoms. The average Bonchev–Trinajstić information content (AvgIpc) is 2.67. The smallest absolute Gasteiger partial charge is 0.0897 e. The summed E-state index contributed by atoms with van der Waals surface area (Å²) >= 11 is 1.74. The van der Waals surface area contributed by atoms with Gasteiger partial charge in [-0.15, -0.1) is 11.3 Å². The molecule has 0 atom stereocenters. The van der Waals surface area contributed by atoms with Crippen molar-refractivity contribution in [2.45, 2.75) is 51.1 Å². The van der Waals surface area contributed by atoms with Gasteiger partial charge >= 0.3 is 0 Å². The molecule has 1 fully saturated rings. The number of nitrogens with one attached hydrogen (secondary N) is 1. The molecule has 0 amide bonds. The van der Waals surface area contributed by atoms with Gasteiger partial charge in [0.25, 0.3) is 0 Å². The van der Waals surface area contributed by atoms with Gasteiger partial charge in [-0.3, -0.25) is 0 Å². The molecule has 1 aromatic rings. The van der Waals surface area contributed by atoms with Gasteiger partial charge in [-0.1, -0.05) is 0 Å². The van der Waals surface area contributed by atoms with E-state index in [-0.39, 0.29) is 0 Å². The number of rotatable bonds is 4. The highest BCUT2D eigenvalue weighted by molar-refractivity contribution is 7.09. The highest BCUT2D eigenvalue weighted by atomic mass is 32.1. The number of thiazole rings is 1. The summed E-state index contributed by atoms with van der Waals surface area (Å²) in [4.78, 5) is 4.46. The van der Waals surface area contributed by atoms with Crippen molar-refractivity contribution in [3.63, 3.8) is 0 Å². The quantitative estimate of drug-likeness (QED) is 0.843. The molecular formula is C12H21N3S. The Kier molecular flexibility index (Phi) is 4.32. The maximum absolute atomic E-state index is 5.88. The summed E-state index contributed by atoms with van der Waals surface area (Å²) in [7, 11) is 0. The second-order valence-electron chi connectivity index (χ2n) is 4.67. The van der Waals surface area contributed by atoms with Crippen LogP contribution in [0.2, 0.25) is 0 Å². The molecule has 2 rings (SSSR count). The highest BCUT2D eigenvalue weighted by Gasteiger charge is 2.17. The third kappa shape index (κ3) is 3.54. The molecular weight excluding hydrogens is 218 g/mol. The predicted octanol–water partition coefficient (Wildman–Crippen LogP) is 1.85. The number of nitrogens with two attached hydrogens (primary N) is 1. The third-order valence-corrected chi connectivity index (χ3v) is 4.07. The molecule has 1 saturated carbocycles. The molecule has 1 aliphatic rings. The minimum absolute atomic E-state index is 0.444. The third-order valence-electron chi connectivity index (χ3n) is 3.25. The fourth-order valence-corrected chi connectivity index (χ4v) is 2.90. The second-order valence-corrected chi connectivity index (χ2v) is 5.74. The first-order valence-electron chi connectivity index (χ1n) is 6.14. The zero-order valence-electron chi connectivity index (χ0n) is 9.91. The number of hydrogen-bond donors (Lipinski definition) is 2. The molecule has 0 aromatic carbocycles. The normalized spacial score (nSPS) is 25.9. The van der Waals surface area contributed by atoms with Gasteiger partial charge in [-0.05, 0) is 32.6 Å². The Labute approximate surface area is 101 Å². The van der Waals surface area contributed by atoms with E-state index in [0.717, 1.165) is 13.0 Å². The lowest BCUT2D eigenvalue weighted by Gasteiger charge is -2.26. The zero-order chi connectivity index (χ0) is 11.4. The largest absolute Gasteiger partial charge is 0.328 e. The van der Waals surface area contributed by atoms with Crippen molar-refractivity contribution >= 4 is 11.3 Å². The first-order chi connectivity index (χ1) is 7.74. The fraction of sp³-hybridized carbons (Fsp3) is 0.750. The summed E-state index contributed by atoms with van der Waals surface area (Å²) in [5.74, 6) is 0. The molecule has 1 aromatic heterocycles. The van der Waals surface area contributed by atoms with E-state index in [1.807, 2.05) is 0 Å². The van der Waals surface area contributed by atoms with Crippen LogP contribution in [0.4, 0.5) is 0 Å². The Morgan fingerprint density at radius 3 is 2.81 bits per heavy atom. The number of aromatic nitrogens is 1. The van der Waals surface area contributed by atoms with Crippen molar-refractivity contribution in [1.82, 2.24) is 10.3 Å². The Hall–Kier alpha value is -0.450. The van der Waals surface area contributed by atoms with Crippen LogP contribution in [0.15, 0.2) is 5.38 Å². The van der Waals surface area contributed by atoms with Crippen LogP contribution in [0.3, 0.4) is 0 Å². The standard InChI is InChI=1S/C12H21N3S/c1-9-15-12(8-16-9)6-7-14-11-4-2-10(13)3-5-11/h8,10-11,14H,2-7,13H2,1H3. The maximum atomic E-state index is 5.88. The van der Waals surface area contributed by atoms with Crippen molar-refractivity contribution in [3.8, 4) is 0 Å². The molecule has 0 spiro atoms. The summed E-state index contributed by atoms with van der Waals surface area (Å²) in [6, 6.07) is 1.12. The van der Waals surface area contributed by atoms with E-state index < -0.39 is 0 Å². The van der Waals surface area contributed by atoms with E-state index >= 15 is 0 Å². The van der Waals surface area contributed by atoms with Gasteiger partial charge in [-0.25, -0.2) is 4.98 Å². The topological polar surface area (TPSA) is 50.9 Å². The lowest BCUT2D eigenvalue weighted by atomic mass is 9.92. The molecule has 3 nitrogen and oxygen atoms in total. The van der Waals surface area contributed by atoms with E-state index in [2.05, 4.69) is 22.6 Å². The van der Waals surface area contributed by atoms with Crippen LogP contribution in [0.5, 0.6) is 0 Å². The lowest BCUT2D eigenvalue weighted by molar-refractivity contribution is 0.344. The molecule has 0 radical (unpaired) electrons. The summed E-state index contributed by atoms with van der Waals surface area (Å²) < 4.78 is 0. The first-order valence-corrected chi connectivity index (χ1v) is 7.02. The Morgan fingerprint density at radius 1 is 1.44 bits per heavy atom. The van der Waals surface area contributed by atoms with Gasteiger partial charge in [0.2, 0.25) is 0 Å². The minimum atomic E-state index is 0.444. The van der Waals surface area contributed by atoms with Gasteiger partial charge < -0.3 is 11.1 Å². The first kappa shape index (κ1) is 12.0. The van der Waals surface area contributed by atoms with Crippen molar-refractivity contribution < 1.29 is 0 Å². The van der Waals surface area contributed by atoms with E-state index in [1.54, 1.807) is 11.3 Å². The maximum Gasteiger partial charge on any atom is 0.0897 e. The average molecular weight is 239 g/mol. The van der Waals surface area contributed by atoms with Crippen LogP contribution in [0.25, 0.3) is 0 Å². The summed E-state index contributed by atoms with van der Waals surface area (Å²) in [6.07, 6.45) is 5.86. The molecule has 1 heterocycles. The predicted molar refractivity (Wildman–Crippen MR) is 68.8 cm³/mol. The number of nitrogens with zero attached hydrogens (tertiary/aromatic N) is 1. The number of hydrogen-bond acceptors (Lipinski definition) is 4. The SMILES string of the molecule is Cc1nc(CCNC2CCC(N)CC2)cs1. The Morgan fingerprint density at radius 2 is 2.19 bits per heavy atom.